The minimum Gasteiger partial charge on any atom is -0.465 e. The summed E-state index contributed by atoms with van der Waals surface area (Å²) in [5, 5.41) is 8.70. The van der Waals surface area contributed by atoms with Crippen LogP contribution in [0.25, 0.3) is 6.08 Å². The number of hydrogen-bond donors (Lipinski definition) is 1. The summed E-state index contributed by atoms with van der Waals surface area (Å²) in [5.41, 5.74) is 1.61. The first-order valence-electron chi connectivity index (χ1n) is 3.74. The van der Waals surface area contributed by atoms with Crippen molar-refractivity contribution in [2.75, 3.05) is 0 Å². The molecule has 0 saturated heterocycles. The van der Waals surface area contributed by atoms with Gasteiger partial charge in [-0.2, -0.15) is 0 Å². The van der Waals surface area contributed by atoms with E-state index in [4.69, 9.17) is 5.11 Å². The van der Waals surface area contributed by atoms with E-state index < -0.39 is 6.09 Å². The lowest BCUT2D eigenvalue weighted by molar-refractivity contribution is 0.160. The molecular weight excluding hydrogens is 170 g/mol. The third-order valence-corrected chi connectivity index (χ3v) is 1.82. The average Bonchev–Trinajstić information content (AvgIpc) is 2.17. The molecule has 5 nitrogen and oxygen atoms in total. The molecule has 2 rings (SSSR count). The number of fused-ring (bicyclic) bond motifs is 1. The molecule has 1 aliphatic rings. The van der Waals surface area contributed by atoms with E-state index in [9.17, 15) is 4.79 Å². The normalized spacial score (nSPS) is 14.0. The molecule has 0 bridgehead atoms. The van der Waals surface area contributed by atoms with E-state index >= 15 is 0 Å². The van der Waals surface area contributed by atoms with Gasteiger partial charge in [0.15, 0.2) is 0 Å². The number of hydrogen-bond acceptors (Lipinski definition) is 3. The Labute approximate surface area is 74.4 Å². The van der Waals surface area contributed by atoms with Gasteiger partial charge >= 0.3 is 6.09 Å². The Balaban J connectivity index is 2.34. The predicted molar refractivity (Wildman–Crippen MR) is 44.6 cm³/mol. The van der Waals surface area contributed by atoms with Gasteiger partial charge in [0, 0.05) is 18.0 Å². The van der Waals surface area contributed by atoms with Gasteiger partial charge in [0.25, 0.3) is 0 Å². The highest BCUT2D eigenvalue weighted by atomic mass is 16.4. The smallest absolute Gasteiger partial charge is 0.411 e. The maximum Gasteiger partial charge on any atom is 0.411 e. The van der Waals surface area contributed by atoms with Crippen LogP contribution in [0.4, 0.5) is 4.79 Å². The molecule has 1 aromatic heterocycles. The van der Waals surface area contributed by atoms with Crippen LogP contribution in [0.1, 0.15) is 11.3 Å². The molecule has 0 aliphatic carbocycles. The second-order valence-electron chi connectivity index (χ2n) is 2.66. The summed E-state index contributed by atoms with van der Waals surface area (Å²) in [5.74, 6) is 0. The maximum absolute atomic E-state index is 10.6. The lowest BCUT2D eigenvalue weighted by atomic mass is 10.2. The van der Waals surface area contributed by atoms with E-state index in [1.165, 1.54) is 17.4 Å². The fourth-order valence-corrected chi connectivity index (χ4v) is 1.17. The molecule has 1 N–H and O–H groups in total. The maximum atomic E-state index is 10.6. The number of aromatic nitrogens is 2. The largest absolute Gasteiger partial charge is 0.465 e. The molecule has 1 aromatic rings. The van der Waals surface area contributed by atoms with Crippen molar-refractivity contribution >= 4 is 12.2 Å². The van der Waals surface area contributed by atoms with Gasteiger partial charge in [0.1, 0.15) is 6.33 Å². The van der Waals surface area contributed by atoms with Crippen molar-refractivity contribution in [3.8, 4) is 0 Å². The molecule has 13 heavy (non-hydrogen) atoms. The molecule has 0 aromatic carbocycles. The second-order valence-corrected chi connectivity index (χ2v) is 2.66. The molecule has 0 spiro atoms. The van der Waals surface area contributed by atoms with E-state index in [1.54, 1.807) is 12.3 Å². The Kier molecular flexibility index (Phi) is 1.70. The molecule has 1 aliphatic heterocycles. The van der Waals surface area contributed by atoms with E-state index in [0.717, 1.165) is 11.3 Å². The first-order chi connectivity index (χ1) is 6.27. The highest BCUT2D eigenvalue weighted by Gasteiger charge is 2.15. The molecular formula is C8H7N3O2. The van der Waals surface area contributed by atoms with Gasteiger partial charge in [0.2, 0.25) is 0 Å². The monoisotopic (exact) mass is 177 g/mol. The molecule has 0 atom stereocenters. The zero-order chi connectivity index (χ0) is 9.26. The third-order valence-electron chi connectivity index (χ3n) is 1.82. The molecule has 2 heterocycles. The topological polar surface area (TPSA) is 66.3 Å². The molecule has 66 valence electrons. The minimum absolute atomic E-state index is 0.321. The van der Waals surface area contributed by atoms with Gasteiger partial charge in [-0.15, -0.1) is 0 Å². The van der Waals surface area contributed by atoms with Crippen LogP contribution >= 0.6 is 0 Å². The van der Waals surface area contributed by atoms with Gasteiger partial charge < -0.3 is 5.11 Å². The third kappa shape index (κ3) is 1.35. The number of carboxylic acid groups (broad SMARTS) is 1. The highest BCUT2D eigenvalue weighted by molar-refractivity contribution is 5.69. The average molecular weight is 177 g/mol. The van der Waals surface area contributed by atoms with E-state index in [0.29, 0.717) is 6.54 Å². The van der Waals surface area contributed by atoms with E-state index in [1.807, 2.05) is 0 Å². The molecule has 5 heteroatoms. The zero-order valence-corrected chi connectivity index (χ0v) is 6.71. The molecule has 0 unspecified atom stereocenters. The van der Waals surface area contributed by atoms with Crippen molar-refractivity contribution in [3.05, 3.63) is 30.0 Å². The summed E-state index contributed by atoms with van der Waals surface area (Å²) in [6.45, 7) is 0.321. The van der Waals surface area contributed by atoms with Crippen LogP contribution in [-0.2, 0) is 6.54 Å². The van der Waals surface area contributed by atoms with Crippen LogP contribution < -0.4 is 0 Å². The van der Waals surface area contributed by atoms with Crippen LogP contribution in [0, 0.1) is 0 Å². The van der Waals surface area contributed by atoms with Crippen LogP contribution in [0.5, 0.6) is 0 Å². The van der Waals surface area contributed by atoms with Crippen LogP contribution in [0.2, 0.25) is 0 Å². The van der Waals surface area contributed by atoms with Crippen molar-refractivity contribution in [3.63, 3.8) is 0 Å². The Hall–Kier alpha value is -1.91. The number of nitrogens with zero attached hydrogens (tertiary/aromatic N) is 3. The first-order valence-corrected chi connectivity index (χ1v) is 3.74. The number of amides is 1. The van der Waals surface area contributed by atoms with E-state index in [2.05, 4.69) is 9.97 Å². The van der Waals surface area contributed by atoms with Gasteiger partial charge in [-0.1, -0.05) is 0 Å². The summed E-state index contributed by atoms with van der Waals surface area (Å²) in [4.78, 5) is 19.6. The Bertz CT molecular complexity index is 375. The van der Waals surface area contributed by atoms with Gasteiger partial charge in [-0.25, -0.2) is 14.8 Å². The van der Waals surface area contributed by atoms with Crippen molar-refractivity contribution in [1.82, 2.24) is 14.9 Å². The van der Waals surface area contributed by atoms with Crippen LogP contribution in [0.15, 0.2) is 18.7 Å². The molecule has 0 radical (unpaired) electrons. The summed E-state index contributed by atoms with van der Waals surface area (Å²) in [7, 11) is 0. The highest BCUT2D eigenvalue weighted by Crippen LogP contribution is 2.15. The Morgan fingerprint density at radius 2 is 2.46 bits per heavy atom. The van der Waals surface area contributed by atoms with Crippen molar-refractivity contribution in [2.24, 2.45) is 0 Å². The summed E-state index contributed by atoms with van der Waals surface area (Å²) >= 11 is 0. The molecule has 0 fully saturated rings. The lowest BCUT2D eigenvalue weighted by Gasteiger charge is -2.18. The quantitative estimate of drug-likeness (QED) is 0.640. The summed E-state index contributed by atoms with van der Waals surface area (Å²) in [6, 6.07) is 0. The first kappa shape index (κ1) is 7.72. The number of rotatable bonds is 0. The zero-order valence-electron chi connectivity index (χ0n) is 6.71. The number of carbonyl (C=O) groups is 1. The fraction of sp³-hybridized carbons (Fsp3) is 0.125. The van der Waals surface area contributed by atoms with Crippen LogP contribution in [0.3, 0.4) is 0 Å². The van der Waals surface area contributed by atoms with Crippen molar-refractivity contribution in [1.29, 1.82) is 0 Å². The second kappa shape index (κ2) is 2.85. The Morgan fingerprint density at radius 1 is 1.62 bits per heavy atom. The molecule has 0 saturated carbocycles. The molecule has 1 amide bonds. The summed E-state index contributed by atoms with van der Waals surface area (Å²) < 4.78 is 0. The van der Waals surface area contributed by atoms with Gasteiger partial charge in [0.05, 0.1) is 12.2 Å². The van der Waals surface area contributed by atoms with Crippen molar-refractivity contribution in [2.45, 2.75) is 6.54 Å². The fourth-order valence-electron chi connectivity index (χ4n) is 1.17. The van der Waals surface area contributed by atoms with Gasteiger partial charge in [-0.3, -0.25) is 4.90 Å². The SMILES string of the molecule is O=C(O)N1C=Cc2ncncc2C1. The lowest BCUT2D eigenvalue weighted by Crippen LogP contribution is -2.25. The summed E-state index contributed by atoms with van der Waals surface area (Å²) in [6.07, 6.45) is 5.26. The minimum atomic E-state index is -0.967. The Morgan fingerprint density at radius 3 is 3.23 bits per heavy atom. The van der Waals surface area contributed by atoms with E-state index in [-0.39, 0.29) is 0 Å². The standard InChI is InChI=1S/C8H7N3O2/c12-8(13)11-2-1-7-6(4-11)3-9-5-10-7/h1-3,5H,4H2,(H,12,13). The van der Waals surface area contributed by atoms with Crippen LogP contribution in [-0.4, -0.2) is 26.1 Å². The van der Waals surface area contributed by atoms with Crippen molar-refractivity contribution < 1.29 is 9.90 Å². The predicted octanol–water partition coefficient (Wildman–Crippen LogP) is 0.941. The van der Waals surface area contributed by atoms with Gasteiger partial charge in [-0.05, 0) is 6.08 Å².